The topological polar surface area (TPSA) is 54.5 Å². The van der Waals surface area contributed by atoms with Crippen molar-refractivity contribution in [3.63, 3.8) is 0 Å². The number of hydrogen-bond acceptors (Lipinski definition) is 4. The van der Waals surface area contributed by atoms with Gasteiger partial charge in [-0.05, 0) is 52.3 Å². The number of ether oxygens (including phenoxy) is 1. The second kappa shape index (κ2) is 9.52. The van der Waals surface area contributed by atoms with E-state index in [4.69, 9.17) is 4.74 Å². The minimum atomic E-state index is -2.40. The molecule has 0 saturated carbocycles. The molecule has 7 heteroatoms. The van der Waals surface area contributed by atoms with Gasteiger partial charge in [-0.1, -0.05) is 6.07 Å². The van der Waals surface area contributed by atoms with Gasteiger partial charge in [0.25, 0.3) is 6.43 Å². The van der Waals surface area contributed by atoms with Crippen LogP contribution in [0.15, 0.2) is 24.5 Å². The second-order valence-corrected chi connectivity index (χ2v) is 6.69. The molecule has 1 atom stereocenters. The van der Waals surface area contributed by atoms with Crippen LogP contribution in [0.5, 0.6) is 0 Å². The standard InChI is InChI=1S/C17H27F2N3O2/c1-13(15(18)19)21-9-6-10-22(16(23)24-17(2,3)4)12-14-7-5-8-20-11-14/h5,7-8,11,13,15,21H,6,9-10,12H2,1-4H3. The van der Waals surface area contributed by atoms with Gasteiger partial charge in [-0.3, -0.25) is 4.98 Å². The lowest BCUT2D eigenvalue weighted by molar-refractivity contribution is 0.0229. The summed E-state index contributed by atoms with van der Waals surface area (Å²) < 4.78 is 30.3. The van der Waals surface area contributed by atoms with E-state index in [1.165, 1.54) is 6.92 Å². The molecule has 0 aromatic carbocycles. The molecule has 0 aliphatic carbocycles. The first-order valence-electron chi connectivity index (χ1n) is 8.07. The highest BCUT2D eigenvalue weighted by Crippen LogP contribution is 2.13. The Morgan fingerprint density at radius 3 is 2.67 bits per heavy atom. The molecule has 136 valence electrons. The van der Waals surface area contributed by atoms with Crippen molar-refractivity contribution in [3.05, 3.63) is 30.1 Å². The number of aromatic nitrogens is 1. The summed E-state index contributed by atoms with van der Waals surface area (Å²) in [5.41, 5.74) is 0.296. The molecule has 1 unspecified atom stereocenters. The van der Waals surface area contributed by atoms with Crippen LogP contribution in [0.25, 0.3) is 0 Å². The van der Waals surface area contributed by atoms with Crippen LogP contribution in [-0.4, -0.2) is 47.1 Å². The Bertz CT molecular complexity index is 492. The van der Waals surface area contributed by atoms with Gasteiger partial charge in [0.15, 0.2) is 0 Å². The first-order chi connectivity index (χ1) is 11.2. The third kappa shape index (κ3) is 8.19. The highest BCUT2D eigenvalue weighted by Gasteiger charge is 2.22. The molecular weight excluding hydrogens is 316 g/mol. The average molecular weight is 343 g/mol. The zero-order valence-electron chi connectivity index (χ0n) is 14.8. The van der Waals surface area contributed by atoms with Crippen LogP contribution in [0, 0.1) is 0 Å². The molecule has 0 bridgehead atoms. The molecule has 1 aromatic rings. The molecule has 0 aliphatic rings. The number of hydrogen-bond donors (Lipinski definition) is 1. The molecule has 5 nitrogen and oxygen atoms in total. The van der Waals surface area contributed by atoms with Gasteiger partial charge in [0.05, 0.1) is 12.6 Å². The highest BCUT2D eigenvalue weighted by atomic mass is 19.3. The van der Waals surface area contributed by atoms with E-state index in [0.717, 1.165) is 5.56 Å². The maximum atomic E-state index is 12.5. The third-order valence-electron chi connectivity index (χ3n) is 3.20. The lowest BCUT2D eigenvalue weighted by Gasteiger charge is -2.27. The Morgan fingerprint density at radius 1 is 1.42 bits per heavy atom. The Morgan fingerprint density at radius 2 is 2.12 bits per heavy atom. The smallest absolute Gasteiger partial charge is 0.410 e. The molecule has 0 saturated heterocycles. The quantitative estimate of drug-likeness (QED) is 0.735. The number of pyridine rings is 1. The van der Waals surface area contributed by atoms with E-state index < -0.39 is 24.2 Å². The normalized spacial score (nSPS) is 13.0. The molecule has 1 rings (SSSR count). The minimum absolute atomic E-state index is 0.368. The molecule has 24 heavy (non-hydrogen) atoms. The second-order valence-electron chi connectivity index (χ2n) is 6.69. The summed E-state index contributed by atoms with van der Waals surface area (Å²) in [6.07, 6.45) is 1.08. The summed E-state index contributed by atoms with van der Waals surface area (Å²) in [6.45, 7) is 8.03. The van der Waals surface area contributed by atoms with Crippen molar-refractivity contribution >= 4 is 6.09 Å². The molecule has 1 N–H and O–H groups in total. The third-order valence-corrected chi connectivity index (χ3v) is 3.20. The molecule has 0 fully saturated rings. The summed E-state index contributed by atoms with van der Waals surface area (Å²) in [4.78, 5) is 17.9. The largest absolute Gasteiger partial charge is 0.444 e. The van der Waals surface area contributed by atoms with Gasteiger partial charge in [-0.2, -0.15) is 0 Å². The van der Waals surface area contributed by atoms with Gasteiger partial charge in [-0.25, -0.2) is 13.6 Å². The molecule has 1 heterocycles. The highest BCUT2D eigenvalue weighted by molar-refractivity contribution is 5.68. The number of amides is 1. The summed E-state index contributed by atoms with van der Waals surface area (Å²) in [7, 11) is 0. The van der Waals surface area contributed by atoms with Crippen molar-refractivity contribution in [3.8, 4) is 0 Å². The summed E-state index contributed by atoms with van der Waals surface area (Å²) in [6, 6.07) is 2.81. The lowest BCUT2D eigenvalue weighted by Crippen LogP contribution is -2.39. The first-order valence-corrected chi connectivity index (χ1v) is 8.07. The monoisotopic (exact) mass is 343 g/mol. The maximum Gasteiger partial charge on any atom is 0.410 e. The van der Waals surface area contributed by atoms with Gasteiger partial charge in [0.1, 0.15) is 5.60 Å². The summed E-state index contributed by atoms with van der Waals surface area (Å²) >= 11 is 0. The summed E-state index contributed by atoms with van der Waals surface area (Å²) in [5, 5.41) is 2.75. The van der Waals surface area contributed by atoms with Crippen molar-refractivity contribution in [2.24, 2.45) is 0 Å². The van der Waals surface area contributed by atoms with E-state index in [2.05, 4.69) is 10.3 Å². The SMILES string of the molecule is CC(NCCCN(Cc1cccnc1)C(=O)OC(C)(C)C)C(F)F. The molecule has 0 spiro atoms. The van der Waals surface area contributed by atoms with Crippen molar-refractivity contribution in [1.82, 2.24) is 15.2 Å². The minimum Gasteiger partial charge on any atom is -0.444 e. The molecular formula is C17H27F2N3O2. The van der Waals surface area contributed by atoms with E-state index in [0.29, 0.717) is 26.1 Å². The molecule has 0 aliphatic heterocycles. The van der Waals surface area contributed by atoms with Crippen LogP contribution in [0.3, 0.4) is 0 Å². The Hall–Kier alpha value is -1.76. The summed E-state index contributed by atoms with van der Waals surface area (Å²) in [5.74, 6) is 0. The zero-order chi connectivity index (χ0) is 18.2. The van der Waals surface area contributed by atoms with E-state index >= 15 is 0 Å². The van der Waals surface area contributed by atoms with Crippen LogP contribution in [0.2, 0.25) is 0 Å². The van der Waals surface area contributed by atoms with Crippen LogP contribution in [0.4, 0.5) is 13.6 Å². The van der Waals surface area contributed by atoms with Crippen molar-refractivity contribution in [2.75, 3.05) is 13.1 Å². The van der Waals surface area contributed by atoms with E-state index in [-0.39, 0.29) is 0 Å². The van der Waals surface area contributed by atoms with Gasteiger partial charge in [0.2, 0.25) is 0 Å². The van der Waals surface area contributed by atoms with Crippen molar-refractivity contribution < 1.29 is 18.3 Å². The maximum absolute atomic E-state index is 12.5. The number of nitrogens with zero attached hydrogens (tertiary/aromatic N) is 2. The first kappa shape index (κ1) is 20.3. The fourth-order valence-electron chi connectivity index (χ4n) is 1.96. The Labute approximate surface area is 142 Å². The Balaban J connectivity index is 2.59. The number of rotatable bonds is 8. The predicted molar refractivity (Wildman–Crippen MR) is 89.0 cm³/mol. The molecule has 1 amide bonds. The van der Waals surface area contributed by atoms with Crippen LogP contribution >= 0.6 is 0 Å². The fourth-order valence-corrected chi connectivity index (χ4v) is 1.96. The van der Waals surface area contributed by atoms with Gasteiger partial charge < -0.3 is 15.0 Å². The lowest BCUT2D eigenvalue weighted by atomic mass is 10.2. The average Bonchev–Trinajstić information content (AvgIpc) is 2.49. The Kier molecular flexibility index (Phi) is 8.04. The number of alkyl halides is 2. The van der Waals surface area contributed by atoms with Crippen molar-refractivity contribution in [1.29, 1.82) is 0 Å². The van der Waals surface area contributed by atoms with E-state index in [1.807, 2.05) is 6.07 Å². The van der Waals surface area contributed by atoms with Crippen LogP contribution in [-0.2, 0) is 11.3 Å². The number of carbonyl (C=O) groups excluding carboxylic acids is 1. The van der Waals surface area contributed by atoms with Gasteiger partial charge in [0, 0.05) is 18.9 Å². The van der Waals surface area contributed by atoms with E-state index in [1.54, 1.807) is 44.1 Å². The van der Waals surface area contributed by atoms with E-state index in [9.17, 15) is 13.6 Å². The number of halogens is 2. The fraction of sp³-hybridized carbons (Fsp3) is 0.647. The van der Waals surface area contributed by atoms with Gasteiger partial charge >= 0.3 is 6.09 Å². The van der Waals surface area contributed by atoms with Crippen molar-refractivity contribution in [2.45, 2.75) is 58.7 Å². The zero-order valence-corrected chi connectivity index (χ0v) is 14.8. The molecule has 1 aromatic heterocycles. The van der Waals surface area contributed by atoms with Crippen LogP contribution < -0.4 is 5.32 Å². The molecule has 0 radical (unpaired) electrons. The number of nitrogens with one attached hydrogen (secondary N) is 1. The van der Waals surface area contributed by atoms with Gasteiger partial charge in [-0.15, -0.1) is 0 Å². The van der Waals surface area contributed by atoms with Crippen LogP contribution in [0.1, 0.15) is 39.7 Å². The number of carbonyl (C=O) groups is 1. The predicted octanol–water partition coefficient (Wildman–Crippen LogP) is 3.45.